The van der Waals surface area contributed by atoms with Crippen molar-refractivity contribution in [2.45, 2.75) is 17.9 Å². The van der Waals surface area contributed by atoms with Gasteiger partial charge in [-0.1, -0.05) is 12.1 Å². The molecule has 1 aromatic carbocycles. The molecule has 2 rings (SSSR count). The summed E-state index contributed by atoms with van der Waals surface area (Å²) in [7, 11) is 2.87. The van der Waals surface area contributed by atoms with Crippen LogP contribution in [0.3, 0.4) is 0 Å². The Morgan fingerprint density at radius 2 is 1.92 bits per heavy atom. The zero-order chi connectivity index (χ0) is 17.7. The molecule has 0 aliphatic heterocycles. The van der Waals surface area contributed by atoms with Gasteiger partial charge in [0.15, 0.2) is 0 Å². The normalized spacial score (nSPS) is 10.6. The lowest BCUT2D eigenvalue weighted by Gasteiger charge is -2.10. The van der Waals surface area contributed by atoms with Crippen LogP contribution < -0.4 is 11.2 Å². The lowest BCUT2D eigenvalue weighted by Crippen LogP contribution is -2.38. The number of nitrogens with zero attached hydrogens (tertiary/aromatic N) is 2. The van der Waals surface area contributed by atoms with Gasteiger partial charge in [-0.3, -0.25) is 18.7 Å². The fraction of sp³-hybridized carbons (Fsp3) is 0.312. The second-order valence-corrected chi connectivity index (χ2v) is 6.20. The first-order chi connectivity index (χ1) is 11.4. The average molecular weight is 352 g/mol. The summed E-state index contributed by atoms with van der Waals surface area (Å²) in [5.74, 6) is -0.437. The van der Waals surface area contributed by atoms with Crippen LogP contribution in [0.5, 0.6) is 0 Å². The molecular weight excluding hydrogens is 335 g/mol. The zero-order valence-electron chi connectivity index (χ0n) is 13.3. The third-order valence-electron chi connectivity index (χ3n) is 3.41. The van der Waals surface area contributed by atoms with Crippen LogP contribution in [0.25, 0.3) is 0 Å². The maximum atomic E-state index is 13.4. The largest absolute Gasteiger partial charge is 0.459 e. The summed E-state index contributed by atoms with van der Waals surface area (Å²) in [5, 5.41) is 0. The molecule has 0 spiro atoms. The summed E-state index contributed by atoms with van der Waals surface area (Å²) in [6.07, 6.45) is 0.0950. The van der Waals surface area contributed by atoms with E-state index < -0.39 is 17.2 Å². The lowest BCUT2D eigenvalue weighted by atomic mass is 10.3. The molecule has 0 bridgehead atoms. The van der Waals surface area contributed by atoms with Gasteiger partial charge in [-0.2, -0.15) is 0 Å². The van der Waals surface area contributed by atoms with Gasteiger partial charge in [-0.25, -0.2) is 9.18 Å². The smallest absolute Gasteiger partial charge is 0.330 e. The van der Waals surface area contributed by atoms with Crippen LogP contribution >= 0.6 is 11.8 Å². The van der Waals surface area contributed by atoms with Crippen molar-refractivity contribution in [1.82, 2.24) is 9.13 Å². The Bertz CT molecular complexity index is 860. The fourth-order valence-corrected chi connectivity index (χ4v) is 2.82. The van der Waals surface area contributed by atoms with E-state index in [0.717, 1.165) is 4.57 Å². The van der Waals surface area contributed by atoms with Gasteiger partial charge in [-0.05, 0) is 12.1 Å². The number of hydrogen-bond acceptors (Lipinski definition) is 5. The molecular formula is C16H17FN2O4S. The molecule has 0 radical (unpaired) electrons. The number of carbonyl (C=O) groups is 1. The molecule has 1 heterocycles. The summed E-state index contributed by atoms with van der Waals surface area (Å²) in [6, 6.07) is 7.57. The third-order valence-corrected chi connectivity index (χ3v) is 4.46. The van der Waals surface area contributed by atoms with Crippen LogP contribution in [0.1, 0.15) is 12.1 Å². The maximum absolute atomic E-state index is 13.4. The monoisotopic (exact) mass is 352 g/mol. The number of thioether (sulfide) groups is 1. The quantitative estimate of drug-likeness (QED) is 0.581. The number of esters is 1. The Balaban J connectivity index is 1.87. The highest BCUT2D eigenvalue weighted by Crippen LogP contribution is 2.21. The number of ether oxygens (including phenoxy) is 1. The molecule has 0 unspecified atom stereocenters. The number of carbonyl (C=O) groups excluding carboxylic acids is 1. The van der Waals surface area contributed by atoms with Crippen molar-refractivity contribution in [1.29, 1.82) is 0 Å². The SMILES string of the molecule is Cn1c(COC(=O)CCSc2ccccc2F)cc(=O)n(C)c1=O. The molecule has 0 aliphatic carbocycles. The van der Waals surface area contributed by atoms with Gasteiger partial charge >= 0.3 is 11.7 Å². The van der Waals surface area contributed by atoms with Crippen molar-refractivity contribution < 1.29 is 13.9 Å². The van der Waals surface area contributed by atoms with Crippen LogP contribution in [0.2, 0.25) is 0 Å². The molecule has 0 saturated carbocycles. The van der Waals surface area contributed by atoms with E-state index in [4.69, 9.17) is 4.74 Å². The number of halogens is 1. The Morgan fingerprint density at radius 3 is 2.62 bits per heavy atom. The van der Waals surface area contributed by atoms with E-state index in [-0.39, 0.29) is 18.8 Å². The van der Waals surface area contributed by atoms with Gasteiger partial charge in [0.25, 0.3) is 5.56 Å². The summed E-state index contributed by atoms with van der Waals surface area (Å²) in [4.78, 5) is 35.6. The van der Waals surface area contributed by atoms with Crippen LogP contribution in [0.15, 0.2) is 44.8 Å². The van der Waals surface area contributed by atoms with Crippen LogP contribution in [0, 0.1) is 5.82 Å². The highest BCUT2D eigenvalue weighted by atomic mass is 32.2. The highest BCUT2D eigenvalue weighted by Gasteiger charge is 2.10. The summed E-state index contributed by atoms with van der Waals surface area (Å²) >= 11 is 1.22. The first kappa shape index (κ1) is 18.0. The second kappa shape index (κ2) is 7.96. The van der Waals surface area contributed by atoms with E-state index in [1.54, 1.807) is 18.2 Å². The molecule has 1 aromatic heterocycles. The van der Waals surface area contributed by atoms with E-state index in [0.29, 0.717) is 16.3 Å². The molecule has 0 aliphatic rings. The first-order valence-electron chi connectivity index (χ1n) is 7.19. The van der Waals surface area contributed by atoms with Gasteiger partial charge in [0.05, 0.1) is 12.1 Å². The molecule has 24 heavy (non-hydrogen) atoms. The average Bonchev–Trinajstić information content (AvgIpc) is 2.57. The first-order valence-corrected chi connectivity index (χ1v) is 8.17. The van der Waals surface area contributed by atoms with Crippen molar-refractivity contribution >= 4 is 17.7 Å². The molecule has 0 N–H and O–H groups in total. The maximum Gasteiger partial charge on any atom is 0.330 e. The Morgan fingerprint density at radius 1 is 1.21 bits per heavy atom. The fourth-order valence-electron chi connectivity index (χ4n) is 1.95. The molecule has 128 valence electrons. The van der Waals surface area contributed by atoms with E-state index >= 15 is 0 Å². The van der Waals surface area contributed by atoms with Crippen LogP contribution in [-0.4, -0.2) is 20.9 Å². The van der Waals surface area contributed by atoms with Gasteiger partial charge in [-0.15, -0.1) is 11.8 Å². The topological polar surface area (TPSA) is 70.3 Å². The van der Waals surface area contributed by atoms with Crippen molar-refractivity contribution in [2.24, 2.45) is 14.1 Å². The zero-order valence-corrected chi connectivity index (χ0v) is 14.1. The van der Waals surface area contributed by atoms with E-state index in [1.165, 1.54) is 42.6 Å². The van der Waals surface area contributed by atoms with Gasteiger partial charge in [0, 0.05) is 30.8 Å². The summed E-state index contributed by atoms with van der Waals surface area (Å²) in [6.45, 7) is -0.162. The standard InChI is InChI=1S/C16H17FN2O4S/c1-18-11(9-14(20)19(2)16(18)22)10-23-15(21)7-8-24-13-6-4-3-5-12(13)17/h3-6,9H,7-8,10H2,1-2H3. The predicted molar refractivity (Wildman–Crippen MR) is 88.5 cm³/mol. The van der Waals surface area contributed by atoms with Gasteiger partial charge < -0.3 is 4.74 Å². The van der Waals surface area contributed by atoms with Crippen molar-refractivity contribution in [3.05, 3.63) is 62.7 Å². The number of aromatic nitrogens is 2. The molecule has 6 nitrogen and oxygen atoms in total. The van der Waals surface area contributed by atoms with Crippen molar-refractivity contribution in [3.63, 3.8) is 0 Å². The summed E-state index contributed by atoms with van der Waals surface area (Å²) in [5.41, 5.74) is -0.624. The second-order valence-electron chi connectivity index (χ2n) is 5.06. The molecule has 0 fully saturated rings. The van der Waals surface area contributed by atoms with E-state index in [1.807, 2.05) is 0 Å². The lowest BCUT2D eigenvalue weighted by molar-refractivity contribution is -0.144. The van der Waals surface area contributed by atoms with Gasteiger partial charge in [0.1, 0.15) is 12.4 Å². The Hall–Kier alpha value is -2.35. The minimum atomic E-state index is -0.483. The molecule has 0 atom stereocenters. The number of rotatable bonds is 6. The molecule has 8 heteroatoms. The predicted octanol–water partition coefficient (Wildman–Crippen LogP) is 1.45. The molecule has 0 saturated heterocycles. The number of hydrogen-bond donors (Lipinski definition) is 0. The van der Waals surface area contributed by atoms with Crippen LogP contribution in [0.4, 0.5) is 4.39 Å². The molecule has 0 amide bonds. The third kappa shape index (κ3) is 4.35. The Labute approximate surface area is 141 Å². The van der Waals surface area contributed by atoms with Crippen molar-refractivity contribution in [2.75, 3.05) is 5.75 Å². The number of benzene rings is 1. The summed E-state index contributed by atoms with van der Waals surface area (Å²) < 4.78 is 20.7. The Kier molecular flexibility index (Phi) is 5.97. The minimum Gasteiger partial charge on any atom is -0.459 e. The van der Waals surface area contributed by atoms with E-state index in [2.05, 4.69) is 0 Å². The van der Waals surface area contributed by atoms with E-state index in [9.17, 15) is 18.8 Å². The molecule has 2 aromatic rings. The van der Waals surface area contributed by atoms with Crippen molar-refractivity contribution in [3.8, 4) is 0 Å². The minimum absolute atomic E-state index is 0.0950. The van der Waals surface area contributed by atoms with Gasteiger partial charge in [0.2, 0.25) is 0 Å². The highest BCUT2D eigenvalue weighted by molar-refractivity contribution is 7.99. The van der Waals surface area contributed by atoms with Crippen LogP contribution in [-0.2, 0) is 30.2 Å².